The molecular formula is C26H26N2O. The minimum Gasteiger partial charge on any atom is -0.356 e. The van der Waals surface area contributed by atoms with Gasteiger partial charge in [0.05, 0.1) is 5.69 Å². The Morgan fingerprint density at radius 2 is 1.38 bits per heavy atom. The Hall–Kier alpha value is -3.17. The van der Waals surface area contributed by atoms with Gasteiger partial charge in [0.15, 0.2) is 5.76 Å². The Morgan fingerprint density at radius 3 is 2.07 bits per heavy atom. The summed E-state index contributed by atoms with van der Waals surface area (Å²) in [5, 5.41) is 7.79. The molecule has 146 valence electrons. The highest BCUT2D eigenvalue weighted by Gasteiger charge is 2.15. The molecule has 3 heteroatoms. The maximum Gasteiger partial charge on any atom is 0.171 e. The van der Waals surface area contributed by atoms with Crippen molar-refractivity contribution < 1.29 is 4.52 Å². The molecule has 4 rings (SSSR count). The van der Waals surface area contributed by atoms with E-state index in [1.165, 1.54) is 16.7 Å². The van der Waals surface area contributed by atoms with Crippen LogP contribution in [0, 0.1) is 6.92 Å². The molecule has 0 spiro atoms. The molecule has 0 aliphatic carbocycles. The lowest BCUT2D eigenvalue weighted by Gasteiger charge is -2.13. The Morgan fingerprint density at radius 1 is 0.793 bits per heavy atom. The van der Waals surface area contributed by atoms with Crippen molar-refractivity contribution in [3.8, 4) is 22.5 Å². The topological polar surface area (TPSA) is 38.1 Å². The van der Waals surface area contributed by atoms with Crippen LogP contribution in [0.1, 0.15) is 29.7 Å². The Balaban J connectivity index is 1.46. The fourth-order valence-electron chi connectivity index (χ4n) is 3.58. The van der Waals surface area contributed by atoms with Gasteiger partial charge in [-0.1, -0.05) is 97.0 Å². The number of aryl methyl sites for hydroxylation is 1. The van der Waals surface area contributed by atoms with Crippen molar-refractivity contribution in [1.82, 2.24) is 10.5 Å². The lowest BCUT2D eigenvalue weighted by Crippen LogP contribution is -2.20. The zero-order valence-corrected chi connectivity index (χ0v) is 16.9. The van der Waals surface area contributed by atoms with Crippen molar-refractivity contribution in [2.24, 2.45) is 0 Å². The quantitative estimate of drug-likeness (QED) is 0.413. The Bertz CT molecular complexity index is 1040. The smallest absolute Gasteiger partial charge is 0.171 e. The van der Waals surface area contributed by atoms with Crippen LogP contribution in [0.4, 0.5) is 0 Å². The van der Waals surface area contributed by atoms with Crippen LogP contribution >= 0.6 is 0 Å². The highest BCUT2D eigenvalue weighted by Crippen LogP contribution is 2.29. The molecule has 0 saturated carbocycles. The number of aromatic nitrogens is 1. The first-order valence-corrected chi connectivity index (χ1v) is 10.1. The summed E-state index contributed by atoms with van der Waals surface area (Å²) in [5.74, 6) is 1.30. The van der Waals surface area contributed by atoms with Crippen molar-refractivity contribution in [3.63, 3.8) is 0 Å². The van der Waals surface area contributed by atoms with Gasteiger partial charge < -0.3 is 9.84 Å². The second-order valence-corrected chi connectivity index (χ2v) is 7.46. The summed E-state index contributed by atoms with van der Waals surface area (Å²) in [5.41, 5.74) is 6.87. The van der Waals surface area contributed by atoms with E-state index in [1.807, 2.05) is 13.0 Å². The predicted octanol–water partition coefficient (Wildman–Crippen LogP) is 6.21. The van der Waals surface area contributed by atoms with Crippen LogP contribution in [0.3, 0.4) is 0 Å². The van der Waals surface area contributed by atoms with Gasteiger partial charge in [-0.05, 0) is 29.5 Å². The monoisotopic (exact) mass is 382 g/mol. The molecule has 3 aromatic carbocycles. The molecule has 0 bridgehead atoms. The number of benzene rings is 3. The summed E-state index contributed by atoms with van der Waals surface area (Å²) in [6, 6.07) is 29.5. The van der Waals surface area contributed by atoms with Gasteiger partial charge in [0.25, 0.3) is 0 Å². The van der Waals surface area contributed by atoms with E-state index < -0.39 is 0 Å². The van der Waals surface area contributed by atoms with E-state index in [0.29, 0.717) is 5.92 Å². The van der Waals surface area contributed by atoms with Gasteiger partial charge in [-0.2, -0.15) is 0 Å². The molecular weight excluding hydrogens is 356 g/mol. The SMILES string of the molecule is Cc1noc(-c2ccc(-c3ccccc3)cc2)c1CNCC(C)c1ccccc1. The minimum atomic E-state index is 0.449. The molecule has 0 aliphatic rings. The van der Waals surface area contributed by atoms with E-state index in [-0.39, 0.29) is 0 Å². The first-order chi connectivity index (χ1) is 14.2. The number of nitrogens with zero attached hydrogens (tertiary/aromatic N) is 1. The largest absolute Gasteiger partial charge is 0.356 e. The Kier molecular flexibility index (Phi) is 5.87. The van der Waals surface area contributed by atoms with Crippen molar-refractivity contribution in [3.05, 3.63) is 102 Å². The molecule has 29 heavy (non-hydrogen) atoms. The first kappa shape index (κ1) is 19.2. The standard InChI is InChI=1S/C26H26N2O/c1-19(21-9-5-3-6-10-21)17-27-18-25-20(2)28-29-26(25)24-15-13-23(14-16-24)22-11-7-4-8-12-22/h3-16,19,27H,17-18H2,1-2H3. The van der Waals surface area contributed by atoms with Crippen molar-refractivity contribution >= 4 is 0 Å². The van der Waals surface area contributed by atoms with Gasteiger partial charge in [0.1, 0.15) is 0 Å². The second kappa shape index (κ2) is 8.89. The van der Waals surface area contributed by atoms with Crippen LogP contribution in [-0.2, 0) is 6.54 Å². The molecule has 1 aromatic heterocycles. The average Bonchev–Trinajstić information content (AvgIpc) is 3.15. The summed E-state index contributed by atoms with van der Waals surface area (Å²) >= 11 is 0. The normalized spacial score (nSPS) is 12.1. The van der Waals surface area contributed by atoms with Gasteiger partial charge >= 0.3 is 0 Å². The number of hydrogen-bond acceptors (Lipinski definition) is 3. The lowest BCUT2D eigenvalue weighted by molar-refractivity contribution is 0.426. The third kappa shape index (κ3) is 4.47. The maximum absolute atomic E-state index is 5.68. The van der Waals surface area contributed by atoms with Gasteiger partial charge in [-0.15, -0.1) is 0 Å². The van der Waals surface area contributed by atoms with Gasteiger partial charge in [0, 0.05) is 24.2 Å². The molecule has 1 heterocycles. The summed E-state index contributed by atoms with van der Waals surface area (Å²) in [6.45, 7) is 5.89. The summed E-state index contributed by atoms with van der Waals surface area (Å²) in [6.07, 6.45) is 0. The second-order valence-electron chi connectivity index (χ2n) is 7.46. The molecule has 0 amide bonds. The van der Waals surface area contributed by atoms with Crippen LogP contribution in [0.15, 0.2) is 89.5 Å². The molecule has 3 nitrogen and oxygen atoms in total. The van der Waals surface area contributed by atoms with E-state index in [1.54, 1.807) is 0 Å². The third-order valence-electron chi connectivity index (χ3n) is 5.36. The van der Waals surface area contributed by atoms with Crippen LogP contribution in [0.5, 0.6) is 0 Å². The van der Waals surface area contributed by atoms with Crippen LogP contribution < -0.4 is 5.32 Å². The van der Waals surface area contributed by atoms with E-state index in [2.05, 4.69) is 96.3 Å². The molecule has 0 radical (unpaired) electrons. The average molecular weight is 383 g/mol. The molecule has 0 fully saturated rings. The summed E-state index contributed by atoms with van der Waals surface area (Å²) in [7, 11) is 0. The lowest BCUT2D eigenvalue weighted by atomic mass is 10.0. The van der Waals surface area contributed by atoms with Crippen molar-refractivity contribution in [2.75, 3.05) is 6.54 Å². The van der Waals surface area contributed by atoms with E-state index in [0.717, 1.165) is 35.7 Å². The van der Waals surface area contributed by atoms with E-state index in [4.69, 9.17) is 4.52 Å². The molecule has 0 saturated heterocycles. The molecule has 1 atom stereocenters. The number of nitrogens with one attached hydrogen (secondary N) is 1. The highest BCUT2D eigenvalue weighted by atomic mass is 16.5. The van der Waals surface area contributed by atoms with E-state index in [9.17, 15) is 0 Å². The Labute approximate surface area is 172 Å². The number of hydrogen-bond donors (Lipinski definition) is 1. The molecule has 4 aromatic rings. The van der Waals surface area contributed by atoms with Crippen LogP contribution in [0.25, 0.3) is 22.5 Å². The van der Waals surface area contributed by atoms with Crippen LogP contribution in [0.2, 0.25) is 0 Å². The number of rotatable bonds is 7. The first-order valence-electron chi connectivity index (χ1n) is 10.1. The summed E-state index contributed by atoms with van der Waals surface area (Å²) < 4.78 is 5.68. The summed E-state index contributed by atoms with van der Waals surface area (Å²) in [4.78, 5) is 0. The van der Waals surface area contributed by atoms with Crippen molar-refractivity contribution in [1.29, 1.82) is 0 Å². The predicted molar refractivity (Wildman–Crippen MR) is 119 cm³/mol. The minimum absolute atomic E-state index is 0.449. The fraction of sp³-hybridized carbons (Fsp3) is 0.192. The molecule has 0 aliphatic heterocycles. The van der Waals surface area contributed by atoms with Crippen LogP contribution in [-0.4, -0.2) is 11.7 Å². The molecule has 1 unspecified atom stereocenters. The third-order valence-corrected chi connectivity index (χ3v) is 5.36. The van der Waals surface area contributed by atoms with Gasteiger partial charge in [-0.3, -0.25) is 0 Å². The van der Waals surface area contributed by atoms with E-state index >= 15 is 0 Å². The zero-order valence-electron chi connectivity index (χ0n) is 16.9. The van der Waals surface area contributed by atoms with Crippen molar-refractivity contribution in [2.45, 2.75) is 26.3 Å². The maximum atomic E-state index is 5.68. The fourth-order valence-corrected chi connectivity index (χ4v) is 3.58. The zero-order chi connectivity index (χ0) is 20.1. The highest BCUT2D eigenvalue weighted by molar-refractivity contribution is 5.69. The van der Waals surface area contributed by atoms with Gasteiger partial charge in [-0.25, -0.2) is 0 Å². The molecule has 1 N–H and O–H groups in total. The van der Waals surface area contributed by atoms with Gasteiger partial charge in [0.2, 0.25) is 0 Å².